The SMILES string of the molecule is CCCC/C=C\C/C=C\CCCCCCCC(=O)OCCCCCCCCCCCCCC(=O)NC(CO)C(O)CCCCCCCCCCCCCCCCCCCCCCCCCCC. The molecular weight excluding hydrogens is 827 g/mol. The summed E-state index contributed by atoms with van der Waals surface area (Å²) < 4.78 is 5.46. The number of aliphatic hydroxyl groups excluding tert-OH is 2. The van der Waals surface area contributed by atoms with Crippen LogP contribution >= 0.6 is 0 Å². The Bertz CT molecular complexity index is 1040. The Balaban J connectivity index is 3.46. The van der Waals surface area contributed by atoms with Crippen LogP contribution < -0.4 is 5.32 Å². The van der Waals surface area contributed by atoms with E-state index in [2.05, 4.69) is 43.5 Å². The minimum atomic E-state index is -0.679. The smallest absolute Gasteiger partial charge is 0.305 e. The van der Waals surface area contributed by atoms with Gasteiger partial charge in [-0.3, -0.25) is 9.59 Å². The van der Waals surface area contributed by atoms with Crippen LogP contribution in [0.15, 0.2) is 24.3 Å². The normalized spacial score (nSPS) is 12.7. The van der Waals surface area contributed by atoms with E-state index in [9.17, 15) is 19.8 Å². The van der Waals surface area contributed by atoms with E-state index in [1.54, 1.807) is 0 Å². The third-order valence-electron chi connectivity index (χ3n) is 14.0. The van der Waals surface area contributed by atoms with Crippen LogP contribution in [0, 0.1) is 0 Å². The average Bonchev–Trinajstić information content (AvgIpc) is 3.33. The fraction of sp³-hybridized carbons (Fsp3) is 0.902. The monoisotopic (exact) mass is 944 g/mol. The zero-order chi connectivity index (χ0) is 48.6. The van der Waals surface area contributed by atoms with Crippen molar-refractivity contribution in [1.29, 1.82) is 0 Å². The number of amides is 1. The van der Waals surface area contributed by atoms with Gasteiger partial charge in [0, 0.05) is 12.8 Å². The van der Waals surface area contributed by atoms with Crippen molar-refractivity contribution in [3.05, 3.63) is 24.3 Å². The molecule has 67 heavy (non-hydrogen) atoms. The molecule has 1 amide bonds. The number of hydrogen-bond donors (Lipinski definition) is 3. The Morgan fingerprint density at radius 1 is 0.418 bits per heavy atom. The molecule has 6 heteroatoms. The molecule has 0 heterocycles. The van der Waals surface area contributed by atoms with Crippen LogP contribution in [0.3, 0.4) is 0 Å². The maximum Gasteiger partial charge on any atom is 0.305 e. The lowest BCUT2D eigenvalue weighted by Gasteiger charge is -2.22. The van der Waals surface area contributed by atoms with Crippen molar-refractivity contribution in [3.8, 4) is 0 Å². The first-order valence-corrected chi connectivity index (χ1v) is 30.1. The fourth-order valence-electron chi connectivity index (χ4n) is 9.36. The summed E-state index contributed by atoms with van der Waals surface area (Å²) in [4.78, 5) is 24.6. The molecule has 2 atom stereocenters. The predicted molar refractivity (Wildman–Crippen MR) is 292 cm³/mol. The quantitative estimate of drug-likeness (QED) is 0.0321. The van der Waals surface area contributed by atoms with Gasteiger partial charge in [-0.1, -0.05) is 289 Å². The van der Waals surface area contributed by atoms with Crippen LogP contribution in [-0.2, 0) is 14.3 Å². The first-order chi connectivity index (χ1) is 33.0. The van der Waals surface area contributed by atoms with Crippen molar-refractivity contribution in [1.82, 2.24) is 5.32 Å². The summed E-state index contributed by atoms with van der Waals surface area (Å²) in [6.45, 7) is 4.89. The summed E-state index contributed by atoms with van der Waals surface area (Å²) in [6.07, 6.45) is 68.9. The first-order valence-electron chi connectivity index (χ1n) is 30.1. The summed E-state index contributed by atoms with van der Waals surface area (Å²) in [6, 6.07) is -0.558. The second-order valence-corrected chi connectivity index (χ2v) is 20.7. The summed E-state index contributed by atoms with van der Waals surface area (Å²) in [5, 5.41) is 23.4. The Kier molecular flexibility index (Phi) is 55.5. The van der Waals surface area contributed by atoms with Crippen molar-refractivity contribution in [3.63, 3.8) is 0 Å². The predicted octanol–water partition coefficient (Wildman–Crippen LogP) is 18.6. The van der Waals surface area contributed by atoms with E-state index in [1.807, 2.05) is 0 Å². The van der Waals surface area contributed by atoms with Gasteiger partial charge in [0.15, 0.2) is 0 Å². The maximum absolute atomic E-state index is 12.5. The van der Waals surface area contributed by atoms with Crippen molar-refractivity contribution in [2.45, 2.75) is 341 Å². The molecular formula is C61H117NO5. The average molecular weight is 945 g/mol. The van der Waals surface area contributed by atoms with Crippen molar-refractivity contribution in [2.24, 2.45) is 0 Å². The molecule has 0 saturated heterocycles. The van der Waals surface area contributed by atoms with Gasteiger partial charge in [0.25, 0.3) is 0 Å². The summed E-state index contributed by atoms with van der Waals surface area (Å²) in [5.74, 6) is -0.0786. The molecule has 0 aliphatic heterocycles. The lowest BCUT2D eigenvalue weighted by atomic mass is 10.0. The zero-order valence-electron chi connectivity index (χ0n) is 45.1. The van der Waals surface area contributed by atoms with Gasteiger partial charge < -0.3 is 20.3 Å². The van der Waals surface area contributed by atoms with E-state index < -0.39 is 12.1 Å². The van der Waals surface area contributed by atoms with Gasteiger partial charge >= 0.3 is 5.97 Å². The Hall–Kier alpha value is -1.66. The van der Waals surface area contributed by atoms with Gasteiger partial charge in [-0.15, -0.1) is 0 Å². The van der Waals surface area contributed by atoms with Crippen LogP contribution in [0.1, 0.15) is 328 Å². The summed E-state index contributed by atoms with van der Waals surface area (Å²) in [7, 11) is 0. The summed E-state index contributed by atoms with van der Waals surface area (Å²) in [5.41, 5.74) is 0. The molecule has 0 aromatic heterocycles. The minimum absolute atomic E-state index is 0.0272. The largest absolute Gasteiger partial charge is 0.466 e. The molecule has 6 nitrogen and oxygen atoms in total. The molecule has 0 fully saturated rings. The maximum atomic E-state index is 12.5. The standard InChI is InChI=1S/C61H117NO5/c1-3-5-7-9-11-13-15-17-19-20-21-22-23-24-25-26-27-28-29-30-33-37-41-45-49-53-59(64)58(57-63)62-60(65)54-50-46-42-38-34-32-36-40-44-48-52-56-67-61(66)55-51-47-43-39-35-31-18-16-14-12-10-8-6-4-2/h10,12,16,18,58-59,63-64H,3-9,11,13-15,17,19-57H2,1-2H3,(H,62,65)/b12-10-,18-16-. The highest BCUT2D eigenvalue weighted by Crippen LogP contribution is 2.18. The van der Waals surface area contributed by atoms with E-state index >= 15 is 0 Å². The number of nitrogens with one attached hydrogen (secondary N) is 1. The van der Waals surface area contributed by atoms with Crippen molar-refractivity contribution in [2.75, 3.05) is 13.2 Å². The van der Waals surface area contributed by atoms with E-state index in [0.29, 0.717) is 25.9 Å². The third-order valence-corrected chi connectivity index (χ3v) is 14.0. The fourth-order valence-corrected chi connectivity index (χ4v) is 9.36. The van der Waals surface area contributed by atoms with Gasteiger partial charge in [0.2, 0.25) is 5.91 Å². The van der Waals surface area contributed by atoms with E-state index in [-0.39, 0.29) is 18.5 Å². The number of esters is 1. The van der Waals surface area contributed by atoms with Crippen LogP contribution in [0.5, 0.6) is 0 Å². The number of carbonyl (C=O) groups is 2. The number of aliphatic hydroxyl groups is 2. The second-order valence-electron chi connectivity index (χ2n) is 20.7. The molecule has 0 aromatic carbocycles. The van der Waals surface area contributed by atoms with Crippen molar-refractivity contribution < 1.29 is 24.5 Å². The summed E-state index contributed by atoms with van der Waals surface area (Å²) >= 11 is 0. The van der Waals surface area contributed by atoms with Gasteiger partial charge in [0.1, 0.15) is 0 Å². The van der Waals surface area contributed by atoms with Gasteiger partial charge in [0.05, 0.1) is 25.4 Å². The lowest BCUT2D eigenvalue weighted by Crippen LogP contribution is -2.45. The molecule has 3 N–H and O–H groups in total. The highest BCUT2D eigenvalue weighted by atomic mass is 16.5. The molecule has 0 rings (SSSR count). The molecule has 0 spiro atoms. The molecule has 2 unspecified atom stereocenters. The highest BCUT2D eigenvalue weighted by molar-refractivity contribution is 5.76. The van der Waals surface area contributed by atoms with Gasteiger partial charge in [-0.25, -0.2) is 0 Å². The van der Waals surface area contributed by atoms with Crippen LogP contribution in [0.25, 0.3) is 0 Å². The highest BCUT2D eigenvalue weighted by Gasteiger charge is 2.20. The van der Waals surface area contributed by atoms with Crippen LogP contribution in [0.4, 0.5) is 0 Å². The van der Waals surface area contributed by atoms with Crippen molar-refractivity contribution >= 4 is 11.9 Å². The number of carbonyl (C=O) groups excluding carboxylic acids is 2. The van der Waals surface area contributed by atoms with E-state index in [0.717, 1.165) is 70.6 Å². The van der Waals surface area contributed by atoms with Crippen LogP contribution in [-0.4, -0.2) is 47.4 Å². The molecule has 0 bridgehead atoms. The minimum Gasteiger partial charge on any atom is -0.466 e. The Labute approximate surface area is 418 Å². The number of hydrogen-bond acceptors (Lipinski definition) is 5. The second kappa shape index (κ2) is 56.9. The third kappa shape index (κ3) is 53.5. The van der Waals surface area contributed by atoms with Crippen LogP contribution in [0.2, 0.25) is 0 Å². The van der Waals surface area contributed by atoms with E-state index in [4.69, 9.17) is 4.74 Å². The number of unbranched alkanes of at least 4 members (excludes halogenated alkanes) is 41. The molecule has 0 aliphatic rings. The molecule has 396 valence electrons. The number of rotatable bonds is 56. The topological polar surface area (TPSA) is 95.9 Å². The van der Waals surface area contributed by atoms with Gasteiger partial charge in [-0.2, -0.15) is 0 Å². The molecule has 0 aromatic rings. The molecule has 0 aliphatic carbocycles. The van der Waals surface area contributed by atoms with E-state index in [1.165, 1.54) is 225 Å². The first kappa shape index (κ1) is 65.3. The lowest BCUT2D eigenvalue weighted by molar-refractivity contribution is -0.143. The Morgan fingerprint density at radius 3 is 1.18 bits per heavy atom. The molecule has 0 radical (unpaired) electrons. The number of ether oxygens (including phenoxy) is 1. The van der Waals surface area contributed by atoms with Gasteiger partial charge in [-0.05, 0) is 51.4 Å². The zero-order valence-corrected chi connectivity index (χ0v) is 45.1. The Morgan fingerprint density at radius 2 is 0.761 bits per heavy atom. The molecule has 0 saturated carbocycles. The number of allylic oxidation sites excluding steroid dienone is 4.